The lowest BCUT2D eigenvalue weighted by Gasteiger charge is -2.46. The minimum atomic E-state index is -2.41. The van der Waals surface area contributed by atoms with Crippen molar-refractivity contribution in [2.24, 2.45) is 21.5 Å². The highest BCUT2D eigenvalue weighted by atomic mass is 16.7. The van der Waals surface area contributed by atoms with Crippen LogP contribution < -0.4 is 53.4 Å². The SMILES string of the molecule is CCC(c1ccccc1)C1NC(=O)CNC(=O)C(CO)NC(=O)C(C(O)C2CN=C(N)N2C2OC(COC(=O)C(c3ccccc3)c3ccccc3)C(O)C(O)C2O)NC(=O)C(C(O)C2CN=C(N)N2)NC(=O)C(Cc2ccc(OC3OC(CO)C(OC4OC(CO)C(O)C(O)C4O)C(O)C3O)cc2)NC1=O. The third-order valence-electron chi connectivity index (χ3n) is 19.5. The fraction of sp³-hybridized carbons (Fsp3) is 0.522. The molecule has 582 valence electrons. The molecule has 4 saturated heterocycles. The van der Waals surface area contributed by atoms with Crippen molar-refractivity contribution in [2.45, 2.75) is 178 Å². The van der Waals surface area contributed by atoms with Crippen LogP contribution in [0.15, 0.2) is 125 Å². The molecule has 4 aromatic rings. The number of aliphatic hydroxyl groups excluding tert-OH is 13. The van der Waals surface area contributed by atoms with E-state index in [0.717, 1.165) is 4.90 Å². The molecule has 25 atom stereocenters. The lowest BCUT2D eigenvalue weighted by molar-refractivity contribution is -0.352. The predicted molar refractivity (Wildman–Crippen MR) is 366 cm³/mol. The van der Waals surface area contributed by atoms with Crippen LogP contribution in [0.1, 0.15) is 47.4 Å². The Morgan fingerprint density at radius 2 is 1.10 bits per heavy atom. The van der Waals surface area contributed by atoms with Crippen LogP contribution in [-0.2, 0) is 63.7 Å². The van der Waals surface area contributed by atoms with Crippen LogP contribution in [0.3, 0.4) is 0 Å². The fourth-order valence-corrected chi connectivity index (χ4v) is 13.5. The number of rotatable bonds is 22. The van der Waals surface area contributed by atoms with Crippen molar-refractivity contribution >= 4 is 53.3 Å². The van der Waals surface area contributed by atoms with Gasteiger partial charge in [0.25, 0.3) is 0 Å². The molecule has 25 unspecified atom stereocenters. The molecule has 10 rings (SSSR count). The Labute approximate surface area is 610 Å². The molecule has 4 aromatic carbocycles. The summed E-state index contributed by atoms with van der Waals surface area (Å²) in [6.07, 6.45) is -32.3. The number of hydrogen-bond donors (Lipinski definition) is 22. The molecular weight excluding hydrogens is 1410 g/mol. The average molecular weight is 1500 g/mol. The van der Waals surface area contributed by atoms with Crippen LogP contribution in [0.5, 0.6) is 5.75 Å². The van der Waals surface area contributed by atoms with Crippen molar-refractivity contribution in [3.05, 3.63) is 138 Å². The van der Waals surface area contributed by atoms with Crippen LogP contribution in [0.25, 0.3) is 0 Å². The van der Waals surface area contributed by atoms with Gasteiger partial charge in [-0.2, -0.15) is 0 Å². The van der Waals surface area contributed by atoms with Crippen LogP contribution in [0, 0.1) is 0 Å². The number of hydrogen-bond acceptors (Lipinski definition) is 32. The molecule has 0 aliphatic carbocycles. The minimum Gasteiger partial charge on any atom is -0.462 e. The van der Waals surface area contributed by atoms with Crippen LogP contribution in [-0.4, -0.2) is 317 Å². The lowest BCUT2D eigenvalue weighted by Crippen LogP contribution is -2.70. The van der Waals surface area contributed by atoms with Crippen molar-refractivity contribution in [1.29, 1.82) is 0 Å². The quantitative estimate of drug-likeness (QED) is 0.0325. The van der Waals surface area contributed by atoms with Gasteiger partial charge in [0.05, 0.1) is 51.5 Å². The number of amides is 6. The fourth-order valence-electron chi connectivity index (χ4n) is 13.5. The Hall–Kier alpha value is -9.17. The number of benzene rings is 4. The second-order valence-corrected chi connectivity index (χ2v) is 26.5. The molecule has 0 spiro atoms. The monoisotopic (exact) mass is 1500 g/mol. The van der Waals surface area contributed by atoms with Gasteiger partial charge < -0.3 is 148 Å². The number of nitrogens with zero attached hydrogens (tertiary/aromatic N) is 3. The maximum Gasteiger partial charge on any atom is 0.318 e. The molecule has 38 heteroatoms. The first-order chi connectivity index (χ1) is 51.2. The highest BCUT2D eigenvalue weighted by Crippen LogP contribution is 2.34. The van der Waals surface area contributed by atoms with E-state index in [2.05, 4.69) is 47.2 Å². The molecule has 0 bridgehead atoms. The van der Waals surface area contributed by atoms with Crippen LogP contribution in [0.2, 0.25) is 0 Å². The number of nitrogens with one attached hydrogen (secondary N) is 7. The van der Waals surface area contributed by atoms with Gasteiger partial charge in [-0.05, 0) is 40.8 Å². The Morgan fingerprint density at radius 3 is 1.70 bits per heavy atom. The van der Waals surface area contributed by atoms with Gasteiger partial charge in [-0.1, -0.05) is 110 Å². The van der Waals surface area contributed by atoms with Gasteiger partial charge in [0.1, 0.15) is 134 Å². The van der Waals surface area contributed by atoms with Gasteiger partial charge >= 0.3 is 5.97 Å². The van der Waals surface area contributed by atoms with E-state index in [4.69, 9.17) is 39.9 Å². The third-order valence-corrected chi connectivity index (χ3v) is 19.5. The molecule has 6 aliphatic rings. The zero-order valence-electron chi connectivity index (χ0n) is 57.5. The van der Waals surface area contributed by atoms with E-state index in [-0.39, 0.29) is 30.2 Å². The first-order valence-corrected chi connectivity index (χ1v) is 34.5. The van der Waals surface area contributed by atoms with E-state index >= 15 is 14.4 Å². The summed E-state index contributed by atoms with van der Waals surface area (Å²) in [6.45, 7) is -3.82. The van der Waals surface area contributed by atoms with Crippen molar-refractivity contribution in [3.63, 3.8) is 0 Å². The number of guanidine groups is 2. The molecule has 107 heavy (non-hydrogen) atoms. The highest BCUT2D eigenvalue weighted by Gasteiger charge is 2.55. The summed E-state index contributed by atoms with van der Waals surface area (Å²) < 4.78 is 34.6. The summed E-state index contributed by atoms with van der Waals surface area (Å²) in [4.78, 5) is 112. The second-order valence-electron chi connectivity index (χ2n) is 26.5. The maximum atomic E-state index is 15.4. The normalized spacial score (nSPS) is 33.6. The maximum absolute atomic E-state index is 15.4. The van der Waals surface area contributed by atoms with Crippen LogP contribution >= 0.6 is 0 Å². The first-order valence-electron chi connectivity index (χ1n) is 34.5. The van der Waals surface area contributed by atoms with Gasteiger partial charge in [0.15, 0.2) is 24.4 Å². The molecule has 6 amide bonds. The predicted octanol–water partition coefficient (Wildman–Crippen LogP) is -9.84. The molecule has 4 fully saturated rings. The van der Waals surface area contributed by atoms with Crippen LogP contribution in [0.4, 0.5) is 0 Å². The molecule has 6 heterocycles. The smallest absolute Gasteiger partial charge is 0.318 e. The molecule has 24 N–H and O–H groups in total. The summed E-state index contributed by atoms with van der Waals surface area (Å²) >= 11 is 0. The first kappa shape index (κ1) is 80.4. The molecular formula is C69H90N12O26. The number of esters is 1. The molecule has 0 radical (unpaired) electrons. The van der Waals surface area contributed by atoms with E-state index in [9.17, 15) is 85.6 Å². The summed E-state index contributed by atoms with van der Waals surface area (Å²) in [5.74, 6) is -10.9. The molecule has 38 nitrogen and oxygen atoms in total. The average Bonchev–Trinajstić information content (AvgIpc) is 1.71. The number of carbonyl (C=O) groups excluding carboxylic acids is 7. The summed E-state index contributed by atoms with van der Waals surface area (Å²) in [7, 11) is 0. The number of ether oxygens (including phenoxy) is 6. The Morgan fingerprint density at radius 1 is 0.551 bits per heavy atom. The topological polar surface area (TPSA) is 602 Å². The van der Waals surface area contributed by atoms with Crippen molar-refractivity contribution in [1.82, 2.24) is 42.1 Å². The largest absolute Gasteiger partial charge is 0.462 e. The van der Waals surface area contributed by atoms with E-state index in [1.807, 2.05) is 0 Å². The van der Waals surface area contributed by atoms with Gasteiger partial charge in [-0.3, -0.25) is 43.5 Å². The Bertz CT molecular complexity index is 3710. The summed E-state index contributed by atoms with van der Waals surface area (Å²) in [5, 5.41) is 161. The van der Waals surface area contributed by atoms with Crippen molar-refractivity contribution in [3.8, 4) is 5.75 Å². The van der Waals surface area contributed by atoms with Gasteiger partial charge in [0.2, 0.25) is 41.7 Å². The zero-order chi connectivity index (χ0) is 77.1. The van der Waals surface area contributed by atoms with Crippen molar-refractivity contribution in [2.75, 3.05) is 46.1 Å². The van der Waals surface area contributed by atoms with Gasteiger partial charge in [-0.25, -0.2) is 0 Å². The molecule has 0 saturated carbocycles. The van der Waals surface area contributed by atoms with E-state index in [1.165, 1.54) is 24.3 Å². The van der Waals surface area contributed by atoms with Crippen molar-refractivity contribution < 1.29 is 128 Å². The standard InChI is InChI=1S/C69H90N12O26/c1-2-35(31-12-6-3-7-13-31)45-61(98)75-36(22-30-18-20-34(21-19-30)103-66-57(95)54(92)58(41(28-84)106-66)107-67-56(94)53(91)50(88)40(27-83)105-67)60(97)79-46(48(86)37-23-73-68(70)77-37)63(100)80-47(62(99)76-38(26-82)59(96)72-25-43(85)78-45)49(87)39-24-74-69(71)81(39)64-55(93)52(90)51(89)42(104-64)29-102-65(101)44(32-14-8-4-9-15-32)33-16-10-5-11-17-33/h3-21,35-42,44-58,64,66-67,82-84,86-95H,2,22-29H2,1H3,(H2,71,74)(H,72,96)(H,75,98)(H,76,99)(H,78,85)(H,79,97)(H,80,100)(H3,70,73,77). The van der Waals surface area contributed by atoms with Gasteiger partial charge in [0, 0.05) is 12.3 Å². The van der Waals surface area contributed by atoms with E-state index < -0.39 is 252 Å². The second kappa shape index (κ2) is 36.2. The van der Waals surface area contributed by atoms with Gasteiger partial charge in [-0.15, -0.1) is 0 Å². The van der Waals surface area contributed by atoms with E-state index in [1.54, 1.807) is 97.9 Å². The summed E-state index contributed by atoms with van der Waals surface area (Å²) in [6, 6.07) is 17.8. The number of nitrogens with two attached hydrogens (primary N) is 2. The summed E-state index contributed by atoms with van der Waals surface area (Å²) in [5.41, 5.74) is 14.2. The Kier molecular flexibility index (Phi) is 27.2. The third kappa shape index (κ3) is 18.5. The molecule has 0 aromatic heterocycles. The number of carbonyl (C=O) groups is 7. The highest BCUT2D eigenvalue weighted by molar-refractivity contribution is 5.98. The zero-order valence-corrected chi connectivity index (χ0v) is 57.5. The Balaban J connectivity index is 0.943. The minimum absolute atomic E-state index is 0.0823. The lowest BCUT2D eigenvalue weighted by atomic mass is 9.88. The molecule has 6 aliphatic heterocycles. The van der Waals surface area contributed by atoms with E-state index in [0.29, 0.717) is 16.7 Å². The number of aliphatic hydroxyl groups is 13. The number of aliphatic imine (C=N–C) groups is 2.